The molecule has 0 heterocycles. The minimum absolute atomic E-state index is 0.101. The minimum atomic E-state index is -0.161. The summed E-state index contributed by atoms with van der Waals surface area (Å²) >= 11 is 0. The van der Waals surface area contributed by atoms with Crippen LogP contribution in [0.3, 0.4) is 0 Å². The van der Waals surface area contributed by atoms with Crippen molar-refractivity contribution in [2.45, 2.75) is 13.3 Å². The second kappa shape index (κ2) is 4.79. The molecule has 4 nitrogen and oxygen atoms in total. The summed E-state index contributed by atoms with van der Waals surface area (Å²) in [4.78, 5) is 11.7. The number of Topliss-reactive ketones (excluding diaryl/α,β-unsaturated/α-hetero) is 1. The van der Waals surface area contributed by atoms with Gasteiger partial charge >= 0.3 is 0 Å². The van der Waals surface area contributed by atoms with E-state index >= 15 is 0 Å². The molecule has 0 amide bonds. The lowest BCUT2D eigenvalue weighted by molar-refractivity contribution is 0.0981. The maximum Gasteiger partial charge on any atom is 0.168 e. The number of rotatable bonds is 4. The lowest BCUT2D eigenvalue weighted by atomic mass is 10.0. The first-order valence-corrected chi connectivity index (χ1v) is 4.71. The van der Waals surface area contributed by atoms with E-state index in [0.29, 0.717) is 11.3 Å². The molecule has 3 N–H and O–H groups in total. The van der Waals surface area contributed by atoms with Gasteiger partial charge in [-0.25, -0.2) is 0 Å². The van der Waals surface area contributed by atoms with Crippen molar-refractivity contribution in [1.29, 1.82) is 0 Å². The van der Waals surface area contributed by atoms with E-state index in [2.05, 4.69) is 0 Å². The second-order valence-corrected chi connectivity index (χ2v) is 3.27. The van der Waals surface area contributed by atoms with Gasteiger partial charge in [-0.2, -0.15) is 0 Å². The molecule has 0 atom stereocenters. The summed E-state index contributed by atoms with van der Waals surface area (Å²) < 4.78 is 4.94. The summed E-state index contributed by atoms with van der Waals surface area (Å²) in [6, 6.07) is 3.37. The predicted octanol–water partition coefficient (Wildman–Crippen LogP) is 1.24. The Morgan fingerprint density at radius 3 is 2.73 bits per heavy atom. The van der Waals surface area contributed by atoms with Crippen LogP contribution in [0.25, 0.3) is 0 Å². The number of hydrogen-bond acceptors (Lipinski definition) is 4. The lowest BCUT2D eigenvalue weighted by Gasteiger charge is -2.10. The van der Waals surface area contributed by atoms with Crippen LogP contribution >= 0.6 is 0 Å². The highest BCUT2D eigenvalue weighted by molar-refractivity contribution is 6.00. The van der Waals surface area contributed by atoms with Gasteiger partial charge < -0.3 is 15.6 Å². The van der Waals surface area contributed by atoms with Crippen molar-refractivity contribution < 1.29 is 14.6 Å². The third-order valence-corrected chi connectivity index (χ3v) is 2.22. The van der Waals surface area contributed by atoms with Gasteiger partial charge in [0.05, 0.1) is 12.7 Å². The average Bonchev–Trinajstić information content (AvgIpc) is 2.18. The smallest absolute Gasteiger partial charge is 0.168 e. The zero-order valence-corrected chi connectivity index (χ0v) is 8.91. The highest BCUT2D eigenvalue weighted by Gasteiger charge is 2.16. The van der Waals surface area contributed by atoms with Gasteiger partial charge in [0.1, 0.15) is 0 Å². The number of carbonyl (C=O) groups is 1. The molecule has 1 aromatic rings. The molecule has 82 valence electrons. The van der Waals surface area contributed by atoms with Gasteiger partial charge in [-0.15, -0.1) is 0 Å². The molecule has 0 spiro atoms. The van der Waals surface area contributed by atoms with Gasteiger partial charge in [-0.1, -0.05) is 6.07 Å². The van der Waals surface area contributed by atoms with E-state index in [4.69, 9.17) is 10.5 Å². The summed E-state index contributed by atoms with van der Waals surface area (Å²) in [5, 5.41) is 9.78. The van der Waals surface area contributed by atoms with Crippen molar-refractivity contribution in [2.24, 2.45) is 5.73 Å². The molecule has 15 heavy (non-hydrogen) atoms. The largest absolute Gasteiger partial charge is 0.504 e. The lowest BCUT2D eigenvalue weighted by Crippen LogP contribution is -2.10. The van der Waals surface area contributed by atoms with Crippen LogP contribution in [-0.4, -0.2) is 24.5 Å². The van der Waals surface area contributed by atoms with E-state index < -0.39 is 0 Å². The van der Waals surface area contributed by atoms with Crippen LogP contribution in [-0.2, 0) is 0 Å². The number of phenolic OH excluding ortho intramolecular Hbond substituents is 1. The molecule has 0 unspecified atom stereocenters. The van der Waals surface area contributed by atoms with Gasteiger partial charge in [0.25, 0.3) is 0 Å². The number of nitrogens with two attached hydrogens (primary N) is 1. The van der Waals surface area contributed by atoms with Crippen molar-refractivity contribution in [3.05, 3.63) is 23.3 Å². The van der Waals surface area contributed by atoms with Gasteiger partial charge in [0, 0.05) is 6.42 Å². The monoisotopic (exact) mass is 209 g/mol. The third-order valence-electron chi connectivity index (χ3n) is 2.22. The normalized spacial score (nSPS) is 10.1. The molecule has 0 radical (unpaired) electrons. The fraction of sp³-hybridized carbons (Fsp3) is 0.364. The van der Waals surface area contributed by atoms with Crippen molar-refractivity contribution in [3.8, 4) is 11.5 Å². The van der Waals surface area contributed by atoms with Crippen LogP contribution in [0, 0.1) is 6.92 Å². The van der Waals surface area contributed by atoms with Gasteiger partial charge in [0.2, 0.25) is 0 Å². The number of aryl methyl sites for hydroxylation is 1. The Labute approximate surface area is 88.7 Å². The number of hydrogen-bond donors (Lipinski definition) is 2. The topological polar surface area (TPSA) is 72.5 Å². The van der Waals surface area contributed by atoms with Crippen molar-refractivity contribution >= 4 is 5.78 Å². The Balaban J connectivity index is 3.20. The second-order valence-electron chi connectivity index (χ2n) is 3.27. The van der Waals surface area contributed by atoms with Crippen LogP contribution in [0.2, 0.25) is 0 Å². The highest BCUT2D eigenvalue weighted by atomic mass is 16.5. The molecule has 0 saturated heterocycles. The Morgan fingerprint density at radius 2 is 2.20 bits per heavy atom. The number of methoxy groups -OCH3 is 1. The average molecular weight is 209 g/mol. The van der Waals surface area contributed by atoms with E-state index in [1.54, 1.807) is 19.1 Å². The van der Waals surface area contributed by atoms with Crippen molar-refractivity contribution in [1.82, 2.24) is 0 Å². The molecule has 0 aliphatic heterocycles. The fourth-order valence-corrected chi connectivity index (χ4v) is 1.45. The standard InChI is InChI=1S/C11H15NO3/c1-7-3-4-9(15-2)11(14)10(7)8(13)5-6-12/h3-4,14H,5-6,12H2,1-2H3. The number of ether oxygens (including phenoxy) is 1. The molecule has 0 saturated carbocycles. The van der Waals surface area contributed by atoms with Crippen LogP contribution in [0.4, 0.5) is 0 Å². The van der Waals surface area contributed by atoms with Gasteiger partial charge in [-0.05, 0) is 25.1 Å². The molecule has 0 bridgehead atoms. The molecule has 0 aliphatic rings. The van der Waals surface area contributed by atoms with Crippen molar-refractivity contribution in [3.63, 3.8) is 0 Å². The van der Waals surface area contributed by atoms with Crippen LogP contribution in [0.15, 0.2) is 12.1 Å². The minimum Gasteiger partial charge on any atom is -0.504 e. The fourth-order valence-electron chi connectivity index (χ4n) is 1.45. The molecule has 1 rings (SSSR count). The molecule has 4 heteroatoms. The summed E-state index contributed by atoms with van der Waals surface area (Å²) in [5.74, 6) is 0.0447. The summed E-state index contributed by atoms with van der Waals surface area (Å²) in [6.07, 6.45) is 0.224. The first-order valence-electron chi connectivity index (χ1n) is 4.71. The van der Waals surface area contributed by atoms with E-state index in [-0.39, 0.29) is 24.5 Å². The first-order chi connectivity index (χ1) is 7.11. The first kappa shape index (κ1) is 11.5. The summed E-state index contributed by atoms with van der Waals surface area (Å²) in [6.45, 7) is 2.04. The maximum absolute atomic E-state index is 11.7. The molecule has 0 fully saturated rings. The van der Waals surface area contributed by atoms with Crippen LogP contribution < -0.4 is 10.5 Å². The number of aromatic hydroxyl groups is 1. The van der Waals surface area contributed by atoms with E-state index in [0.717, 1.165) is 5.56 Å². The Bertz CT molecular complexity index is 374. The molecular formula is C11H15NO3. The predicted molar refractivity (Wildman–Crippen MR) is 57.4 cm³/mol. The molecule has 0 aliphatic carbocycles. The van der Waals surface area contributed by atoms with Crippen LogP contribution in [0.5, 0.6) is 11.5 Å². The third kappa shape index (κ3) is 2.27. The van der Waals surface area contributed by atoms with Gasteiger partial charge in [0.15, 0.2) is 17.3 Å². The SMILES string of the molecule is COc1ccc(C)c(C(=O)CCN)c1O. The van der Waals surface area contributed by atoms with Gasteiger partial charge in [-0.3, -0.25) is 4.79 Å². The number of carbonyl (C=O) groups excluding carboxylic acids is 1. The van der Waals surface area contributed by atoms with E-state index in [9.17, 15) is 9.90 Å². The molecular weight excluding hydrogens is 194 g/mol. The summed E-state index contributed by atoms with van der Waals surface area (Å²) in [5.41, 5.74) is 6.34. The maximum atomic E-state index is 11.7. The number of benzene rings is 1. The number of ketones is 1. The quantitative estimate of drug-likeness (QED) is 0.732. The van der Waals surface area contributed by atoms with E-state index in [1.165, 1.54) is 7.11 Å². The Hall–Kier alpha value is -1.55. The zero-order chi connectivity index (χ0) is 11.4. The Kier molecular flexibility index (Phi) is 3.68. The zero-order valence-electron chi connectivity index (χ0n) is 8.91. The number of phenols is 1. The highest BCUT2D eigenvalue weighted by Crippen LogP contribution is 2.32. The van der Waals surface area contributed by atoms with Crippen LogP contribution in [0.1, 0.15) is 22.3 Å². The van der Waals surface area contributed by atoms with E-state index in [1.807, 2.05) is 0 Å². The molecule has 0 aromatic heterocycles. The Morgan fingerprint density at radius 1 is 1.53 bits per heavy atom. The van der Waals surface area contributed by atoms with Crippen molar-refractivity contribution in [2.75, 3.05) is 13.7 Å². The molecule has 1 aromatic carbocycles. The summed E-state index contributed by atoms with van der Waals surface area (Å²) in [7, 11) is 1.45.